The predicted octanol–water partition coefficient (Wildman–Crippen LogP) is 4.21. The van der Waals surface area contributed by atoms with Gasteiger partial charge in [-0.3, -0.25) is 0 Å². The normalized spacial score (nSPS) is 26.4. The van der Waals surface area contributed by atoms with Crippen LogP contribution in [-0.2, 0) is 0 Å². The topological polar surface area (TPSA) is 38.0 Å². The van der Waals surface area contributed by atoms with Crippen molar-refractivity contribution < 1.29 is 0 Å². The first kappa shape index (κ1) is 14.6. The molecule has 0 heterocycles. The monoisotopic (exact) mass is 296 g/mol. The standard InChI is InChI=1S/C15H21ClN2S/c1-3-10-4-6-13(9(10)2)18-14-7-5-11(15(17)19)8-12(14)16/h5,7-10,13,18H,3-4,6H2,1-2H3,(H2,17,19). The molecule has 1 aliphatic carbocycles. The van der Waals surface area contributed by atoms with Gasteiger partial charge in [0.25, 0.3) is 0 Å². The van der Waals surface area contributed by atoms with E-state index >= 15 is 0 Å². The van der Waals surface area contributed by atoms with Crippen LogP contribution in [0, 0.1) is 11.8 Å². The van der Waals surface area contributed by atoms with Gasteiger partial charge in [-0.15, -0.1) is 0 Å². The number of thiocarbonyl (C=S) groups is 1. The van der Waals surface area contributed by atoms with Crippen molar-refractivity contribution in [2.75, 3.05) is 5.32 Å². The van der Waals surface area contributed by atoms with Gasteiger partial charge in [-0.1, -0.05) is 44.1 Å². The molecule has 0 aliphatic heterocycles. The summed E-state index contributed by atoms with van der Waals surface area (Å²) in [6.07, 6.45) is 3.78. The summed E-state index contributed by atoms with van der Waals surface area (Å²) in [6.45, 7) is 4.60. The SMILES string of the molecule is CCC1CCC(Nc2ccc(C(N)=S)cc2Cl)C1C. The molecule has 0 aromatic heterocycles. The number of anilines is 1. The van der Waals surface area contributed by atoms with E-state index in [1.807, 2.05) is 18.2 Å². The zero-order chi connectivity index (χ0) is 14.0. The summed E-state index contributed by atoms with van der Waals surface area (Å²) < 4.78 is 0. The highest BCUT2D eigenvalue weighted by Crippen LogP contribution is 2.36. The molecular formula is C15H21ClN2S. The van der Waals surface area contributed by atoms with Crippen LogP contribution in [0.4, 0.5) is 5.69 Å². The third-order valence-corrected chi connectivity index (χ3v) is 4.89. The maximum absolute atomic E-state index is 6.29. The lowest BCUT2D eigenvalue weighted by molar-refractivity contribution is 0.392. The first-order valence-electron chi connectivity index (χ1n) is 6.88. The largest absolute Gasteiger partial charge is 0.389 e. The fraction of sp³-hybridized carbons (Fsp3) is 0.533. The van der Waals surface area contributed by atoms with Crippen LogP contribution in [0.25, 0.3) is 0 Å². The van der Waals surface area contributed by atoms with Gasteiger partial charge in [0.15, 0.2) is 0 Å². The zero-order valence-electron chi connectivity index (χ0n) is 11.4. The lowest BCUT2D eigenvalue weighted by Crippen LogP contribution is -2.24. The molecule has 3 atom stereocenters. The summed E-state index contributed by atoms with van der Waals surface area (Å²) in [6, 6.07) is 6.25. The second-order valence-electron chi connectivity index (χ2n) is 5.41. The van der Waals surface area contributed by atoms with E-state index in [0.717, 1.165) is 17.2 Å². The molecule has 3 unspecified atom stereocenters. The van der Waals surface area contributed by atoms with Crippen molar-refractivity contribution >= 4 is 34.5 Å². The van der Waals surface area contributed by atoms with E-state index in [4.69, 9.17) is 29.6 Å². The number of hydrogen-bond acceptors (Lipinski definition) is 2. The molecule has 3 N–H and O–H groups in total. The van der Waals surface area contributed by atoms with Crippen molar-refractivity contribution in [3.63, 3.8) is 0 Å². The first-order chi connectivity index (χ1) is 9.02. The van der Waals surface area contributed by atoms with Gasteiger partial charge in [-0.2, -0.15) is 0 Å². The average molecular weight is 297 g/mol. The molecule has 1 fully saturated rings. The van der Waals surface area contributed by atoms with Crippen molar-refractivity contribution in [1.82, 2.24) is 0 Å². The molecule has 2 nitrogen and oxygen atoms in total. The third-order valence-electron chi connectivity index (χ3n) is 4.35. The van der Waals surface area contributed by atoms with Crippen LogP contribution in [0.5, 0.6) is 0 Å². The van der Waals surface area contributed by atoms with Gasteiger partial charge in [0, 0.05) is 11.6 Å². The average Bonchev–Trinajstić information content (AvgIpc) is 2.72. The lowest BCUT2D eigenvalue weighted by Gasteiger charge is -2.22. The van der Waals surface area contributed by atoms with Gasteiger partial charge < -0.3 is 11.1 Å². The van der Waals surface area contributed by atoms with Crippen LogP contribution in [0.2, 0.25) is 5.02 Å². The number of rotatable bonds is 4. The number of benzene rings is 1. The van der Waals surface area contributed by atoms with E-state index < -0.39 is 0 Å². The molecule has 4 heteroatoms. The Morgan fingerprint density at radius 1 is 1.47 bits per heavy atom. The van der Waals surface area contributed by atoms with E-state index in [1.54, 1.807) is 0 Å². The van der Waals surface area contributed by atoms with Crippen molar-refractivity contribution in [3.8, 4) is 0 Å². The highest BCUT2D eigenvalue weighted by atomic mass is 35.5. The number of halogens is 1. The van der Waals surface area contributed by atoms with Crippen LogP contribution in [-0.4, -0.2) is 11.0 Å². The van der Waals surface area contributed by atoms with E-state index in [0.29, 0.717) is 22.0 Å². The number of nitrogens with one attached hydrogen (secondary N) is 1. The Hall–Kier alpha value is -0.800. The molecule has 0 amide bonds. The molecule has 1 saturated carbocycles. The minimum Gasteiger partial charge on any atom is -0.389 e. The third kappa shape index (κ3) is 3.21. The zero-order valence-corrected chi connectivity index (χ0v) is 13.0. The molecule has 1 aliphatic rings. The van der Waals surface area contributed by atoms with Crippen LogP contribution >= 0.6 is 23.8 Å². The molecule has 1 aromatic carbocycles. The van der Waals surface area contributed by atoms with Crippen LogP contribution in [0.15, 0.2) is 18.2 Å². The Balaban J connectivity index is 2.10. The van der Waals surface area contributed by atoms with Gasteiger partial charge in [-0.05, 0) is 42.9 Å². The first-order valence-corrected chi connectivity index (χ1v) is 7.67. The summed E-state index contributed by atoms with van der Waals surface area (Å²) in [5.41, 5.74) is 7.40. The highest BCUT2D eigenvalue weighted by Gasteiger charge is 2.31. The Labute approximate surface area is 125 Å². The van der Waals surface area contributed by atoms with Gasteiger partial charge in [0.05, 0.1) is 10.7 Å². The summed E-state index contributed by atoms with van der Waals surface area (Å²) in [7, 11) is 0. The summed E-state index contributed by atoms with van der Waals surface area (Å²) in [4.78, 5) is 0.383. The lowest BCUT2D eigenvalue weighted by atomic mass is 9.93. The van der Waals surface area contributed by atoms with Crippen LogP contribution in [0.1, 0.15) is 38.7 Å². The minimum absolute atomic E-state index is 0.383. The van der Waals surface area contributed by atoms with Gasteiger partial charge >= 0.3 is 0 Å². The molecule has 1 aromatic rings. The molecule has 0 bridgehead atoms. The van der Waals surface area contributed by atoms with E-state index in [1.165, 1.54) is 19.3 Å². The van der Waals surface area contributed by atoms with E-state index in [2.05, 4.69) is 19.2 Å². The quantitative estimate of drug-likeness (QED) is 0.817. The maximum atomic E-state index is 6.29. The van der Waals surface area contributed by atoms with E-state index in [-0.39, 0.29) is 0 Å². The molecule has 104 valence electrons. The molecule has 0 radical (unpaired) electrons. The Bertz CT molecular complexity index is 475. The van der Waals surface area contributed by atoms with Crippen molar-refractivity contribution in [2.24, 2.45) is 17.6 Å². The molecule has 2 rings (SSSR count). The Morgan fingerprint density at radius 3 is 2.74 bits per heavy atom. The van der Waals surface area contributed by atoms with Crippen molar-refractivity contribution in [1.29, 1.82) is 0 Å². The maximum Gasteiger partial charge on any atom is 0.104 e. The minimum atomic E-state index is 0.383. The van der Waals surface area contributed by atoms with Crippen LogP contribution < -0.4 is 11.1 Å². The van der Waals surface area contributed by atoms with E-state index in [9.17, 15) is 0 Å². The number of hydrogen-bond donors (Lipinski definition) is 2. The van der Waals surface area contributed by atoms with Gasteiger partial charge in [-0.25, -0.2) is 0 Å². The smallest absolute Gasteiger partial charge is 0.104 e. The fourth-order valence-corrected chi connectivity index (χ4v) is 3.37. The summed E-state index contributed by atoms with van der Waals surface area (Å²) >= 11 is 11.2. The van der Waals surface area contributed by atoms with Gasteiger partial charge in [0.2, 0.25) is 0 Å². The second kappa shape index (κ2) is 6.10. The van der Waals surface area contributed by atoms with Crippen LogP contribution in [0.3, 0.4) is 0 Å². The number of nitrogens with two attached hydrogens (primary N) is 1. The highest BCUT2D eigenvalue weighted by molar-refractivity contribution is 7.80. The Morgan fingerprint density at radius 2 is 2.21 bits per heavy atom. The molecule has 19 heavy (non-hydrogen) atoms. The Kier molecular flexibility index (Phi) is 4.69. The van der Waals surface area contributed by atoms with Crippen molar-refractivity contribution in [2.45, 2.75) is 39.2 Å². The van der Waals surface area contributed by atoms with Crippen molar-refractivity contribution in [3.05, 3.63) is 28.8 Å². The second-order valence-corrected chi connectivity index (χ2v) is 6.26. The summed E-state index contributed by atoms with van der Waals surface area (Å²) in [5.74, 6) is 1.52. The fourth-order valence-electron chi connectivity index (χ4n) is 3.01. The van der Waals surface area contributed by atoms with Gasteiger partial charge in [0.1, 0.15) is 4.99 Å². The molecule has 0 spiro atoms. The molecule has 0 saturated heterocycles. The predicted molar refractivity (Wildman–Crippen MR) is 86.9 cm³/mol. The summed E-state index contributed by atoms with van der Waals surface area (Å²) in [5, 5.41) is 4.27. The molecular weight excluding hydrogens is 276 g/mol.